The van der Waals surface area contributed by atoms with E-state index in [1.54, 1.807) is 21.8 Å². The summed E-state index contributed by atoms with van der Waals surface area (Å²) in [4.78, 5) is 12.9. The van der Waals surface area contributed by atoms with Crippen molar-refractivity contribution in [1.29, 1.82) is 0 Å². The molecule has 4 rings (SSSR count). The van der Waals surface area contributed by atoms with Crippen LogP contribution in [-0.4, -0.2) is 35.2 Å². The van der Waals surface area contributed by atoms with Crippen LogP contribution in [0.5, 0.6) is 0 Å². The van der Waals surface area contributed by atoms with Gasteiger partial charge in [-0.25, -0.2) is 0 Å². The van der Waals surface area contributed by atoms with Gasteiger partial charge in [0.1, 0.15) is 4.83 Å². The standard InChI is InChI=1S/C17H16F3N7OS/c1-3-26-7-10(5-21-26)8-27-9-11(6-22-27)23-15(28)13-4-12-14(17(18,19)20)24-25(2)16(12)29-13/h4-7,9H,3,8H2,1-2H3,(H,23,28). The Hall–Kier alpha value is -3.15. The highest BCUT2D eigenvalue weighted by molar-refractivity contribution is 7.20. The molecule has 0 aliphatic heterocycles. The fourth-order valence-electron chi connectivity index (χ4n) is 2.92. The maximum absolute atomic E-state index is 13.1. The maximum atomic E-state index is 13.1. The Labute approximate surface area is 166 Å². The molecule has 152 valence electrons. The van der Waals surface area contributed by atoms with Crippen molar-refractivity contribution < 1.29 is 18.0 Å². The molecule has 0 unspecified atom stereocenters. The summed E-state index contributed by atoms with van der Waals surface area (Å²) in [5, 5.41) is 14.5. The van der Waals surface area contributed by atoms with Gasteiger partial charge in [0.2, 0.25) is 0 Å². The van der Waals surface area contributed by atoms with Gasteiger partial charge in [-0.2, -0.15) is 28.5 Å². The fourth-order valence-corrected chi connectivity index (χ4v) is 3.88. The minimum absolute atomic E-state index is 0.0845. The number of halogens is 3. The molecule has 0 spiro atoms. The molecule has 4 heterocycles. The van der Waals surface area contributed by atoms with Gasteiger partial charge in [0.25, 0.3) is 5.91 Å². The quantitative estimate of drug-likeness (QED) is 0.534. The lowest BCUT2D eigenvalue weighted by molar-refractivity contribution is -0.140. The molecule has 4 aromatic heterocycles. The lowest BCUT2D eigenvalue weighted by Gasteiger charge is -2.02. The molecule has 0 aliphatic carbocycles. The number of nitrogens with zero attached hydrogens (tertiary/aromatic N) is 6. The first-order valence-corrected chi connectivity index (χ1v) is 9.45. The number of thiophene rings is 1. The normalized spacial score (nSPS) is 12.0. The van der Waals surface area contributed by atoms with Crippen molar-refractivity contribution in [2.24, 2.45) is 7.05 Å². The van der Waals surface area contributed by atoms with E-state index in [2.05, 4.69) is 20.6 Å². The number of carbonyl (C=O) groups excluding carboxylic acids is 1. The summed E-state index contributed by atoms with van der Waals surface area (Å²) < 4.78 is 43.9. The van der Waals surface area contributed by atoms with Gasteiger partial charge in [-0.1, -0.05) is 0 Å². The average Bonchev–Trinajstić information content (AvgIpc) is 3.40. The number of hydrogen-bond acceptors (Lipinski definition) is 5. The summed E-state index contributed by atoms with van der Waals surface area (Å²) in [6, 6.07) is 1.22. The molecule has 0 fully saturated rings. The molecule has 0 atom stereocenters. The van der Waals surface area contributed by atoms with Crippen molar-refractivity contribution in [2.75, 3.05) is 5.32 Å². The van der Waals surface area contributed by atoms with E-state index < -0.39 is 17.8 Å². The third-order valence-corrected chi connectivity index (χ3v) is 5.45. The van der Waals surface area contributed by atoms with Gasteiger partial charge in [-0.3, -0.25) is 18.8 Å². The number of nitrogens with one attached hydrogen (secondary N) is 1. The Morgan fingerprint density at radius 2 is 1.97 bits per heavy atom. The summed E-state index contributed by atoms with van der Waals surface area (Å²) in [6.07, 6.45) is 2.20. The lowest BCUT2D eigenvalue weighted by atomic mass is 10.2. The van der Waals surface area contributed by atoms with Gasteiger partial charge in [0, 0.05) is 36.9 Å². The third kappa shape index (κ3) is 3.75. The summed E-state index contributed by atoms with van der Waals surface area (Å²) in [6.45, 7) is 3.24. The first kappa shape index (κ1) is 19.2. The van der Waals surface area contributed by atoms with Crippen molar-refractivity contribution in [1.82, 2.24) is 29.3 Å². The molecule has 4 aromatic rings. The Balaban J connectivity index is 1.50. The Morgan fingerprint density at radius 3 is 2.66 bits per heavy atom. The Bertz CT molecular complexity index is 1180. The summed E-state index contributed by atoms with van der Waals surface area (Å²) in [7, 11) is 1.42. The molecule has 0 bridgehead atoms. The molecule has 0 aliphatic rings. The smallest absolute Gasteiger partial charge is 0.319 e. The number of carbonyl (C=O) groups is 1. The molecule has 0 saturated heterocycles. The minimum Gasteiger partial charge on any atom is -0.319 e. The van der Waals surface area contributed by atoms with Crippen molar-refractivity contribution in [3.63, 3.8) is 0 Å². The first-order chi connectivity index (χ1) is 13.7. The molecule has 8 nitrogen and oxygen atoms in total. The zero-order valence-electron chi connectivity index (χ0n) is 15.4. The van der Waals surface area contributed by atoms with E-state index in [9.17, 15) is 18.0 Å². The minimum atomic E-state index is -4.58. The molecular formula is C17H16F3N7OS. The van der Waals surface area contributed by atoms with Gasteiger partial charge in [-0.05, 0) is 13.0 Å². The molecule has 0 saturated carbocycles. The zero-order chi connectivity index (χ0) is 20.8. The van der Waals surface area contributed by atoms with E-state index >= 15 is 0 Å². The van der Waals surface area contributed by atoms with Crippen LogP contribution in [0.3, 0.4) is 0 Å². The van der Waals surface area contributed by atoms with Crippen LogP contribution in [0.15, 0.2) is 30.9 Å². The van der Waals surface area contributed by atoms with E-state index in [0.29, 0.717) is 12.2 Å². The van der Waals surface area contributed by atoms with Crippen LogP contribution in [0, 0.1) is 0 Å². The highest BCUT2D eigenvalue weighted by Gasteiger charge is 2.37. The second-order valence-electron chi connectivity index (χ2n) is 6.38. The molecule has 29 heavy (non-hydrogen) atoms. The van der Waals surface area contributed by atoms with E-state index in [0.717, 1.165) is 28.1 Å². The van der Waals surface area contributed by atoms with E-state index in [1.807, 2.05) is 13.1 Å². The van der Waals surface area contributed by atoms with Crippen LogP contribution in [-0.2, 0) is 26.3 Å². The average molecular weight is 423 g/mol. The van der Waals surface area contributed by atoms with Crippen molar-refractivity contribution in [2.45, 2.75) is 26.2 Å². The van der Waals surface area contributed by atoms with Gasteiger partial charge >= 0.3 is 6.18 Å². The van der Waals surface area contributed by atoms with E-state index in [4.69, 9.17) is 0 Å². The van der Waals surface area contributed by atoms with Crippen molar-refractivity contribution in [3.05, 3.63) is 47.0 Å². The maximum Gasteiger partial charge on any atom is 0.435 e. The molecule has 1 amide bonds. The number of hydrogen-bond donors (Lipinski definition) is 1. The van der Waals surface area contributed by atoms with Gasteiger partial charge in [0.15, 0.2) is 5.69 Å². The number of rotatable bonds is 5. The number of aryl methyl sites for hydroxylation is 2. The third-order valence-electron chi connectivity index (χ3n) is 4.25. The second-order valence-corrected chi connectivity index (χ2v) is 7.42. The van der Waals surface area contributed by atoms with Gasteiger partial charge < -0.3 is 5.32 Å². The molecule has 0 aromatic carbocycles. The highest BCUT2D eigenvalue weighted by atomic mass is 32.1. The van der Waals surface area contributed by atoms with Gasteiger partial charge in [0.05, 0.1) is 29.5 Å². The second kappa shape index (κ2) is 7.03. The first-order valence-electron chi connectivity index (χ1n) is 8.63. The number of amides is 1. The molecule has 1 N–H and O–H groups in total. The number of alkyl halides is 3. The Kier molecular flexibility index (Phi) is 4.65. The van der Waals surface area contributed by atoms with Crippen LogP contribution in [0.25, 0.3) is 10.2 Å². The van der Waals surface area contributed by atoms with Crippen LogP contribution in [0.1, 0.15) is 27.9 Å². The SMILES string of the molecule is CCn1cc(Cn2cc(NC(=O)c3cc4c(C(F)(F)F)nn(C)c4s3)cn2)cn1. The molecule has 12 heteroatoms. The van der Waals surface area contributed by atoms with Crippen LogP contribution in [0.4, 0.5) is 18.9 Å². The lowest BCUT2D eigenvalue weighted by Crippen LogP contribution is -2.10. The highest BCUT2D eigenvalue weighted by Crippen LogP contribution is 2.37. The summed E-state index contributed by atoms with van der Waals surface area (Å²) in [5.41, 5.74) is 0.416. The van der Waals surface area contributed by atoms with E-state index in [-0.39, 0.29) is 15.1 Å². The van der Waals surface area contributed by atoms with Crippen LogP contribution in [0.2, 0.25) is 0 Å². The van der Waals surface area contributed by atoms with Crippen LogP contribution >= 0.6 is 11.3 Å². The van der Waals surface area contributed by atoms with Crippen molar-refractivity contribution >= 4 is 33.1 Å². The predicted octanol–water partition coefficient (Wildman–Crippen LogP) is 3.37. The monoisotopic (exact) mass is 423 g/mol. The summed E-state index contributed by atoms with van der Waals surface area (Å²) >= 11 is 0.953. The zero-order valence-corrected chi connectivity index (χ0v) is 16.3. The topological polar surface area (TPSA) is 82.6 Å². The van der Waals surface area contributed by atoms with E-state index in [1.165, 1.54) is 19.3 Å². The van der Waals surface area contributed by atoms with Crippen molar-refractivity contribution in [3.8, 4) is 0 Å². The number of fused-ring (bicyclic) bond motifs is 1. The molecule has 0 radical (unpaired) electrons. The predicted molar refractivity (Wildman–Crippen MR) is 101 cm³/mol. The molecular weight excluding hydrogens is 407 g/mol. The van der Waals surface area contributed by atoms with Gasteiger partial charge in [-0.15, -0.1) is 11.3 Å². The number of anilines is 1. The van der Waals surface area contributed by atoms with Crippen LogP contribution < -0.4 is 5.32 Å². The number of aromatic nitrogens is 6. The fraction of sp³-hybridized carbons (Fsp3) is 0.294. The Morgan fingerprint density at radius 1 is 1.21 bits per heavy atom. The largest absolute Gasteiger partial charge is 0.435 e. The summed E-state index contributed by atoms with van der Waals surface area (Å²) in [5.74, 6) is -0.502.